The van der Waals surface area contributed by atoms with E-state index in [-0.39, 0.29) is 11.8 Å². The third-order valence-corrected chi connectivity index (χ3v) is 5.97. The molecule has 0 fully saturated rings. The van der Waals surface area contributed by atoms with Crippen molar-refractivity contribution < 1.29 is 9.59 Å². The number of anilines is 2. The highest BCUT2D eigenvalue weighted by Crippen LogP contribution is 2.37. The van der Waals surface area contributed by atoms with Crippen molar-refractivity contribution in [2.75, 3.05) is 10.2 Å². The number of aryl methyl sites for hydroxylation is 4. The maximum atomic E-state index is 13.4. The van der Waals surface area contributed by atoms with Gasteiger partial charge in [0.2, 0.25) is 0 Å². The Morgan fingerprint density at radius 3 is 2.14 bits per heavy atom. The van der Waals surface area contributed by atoms with Crippen LogP contribution >= 0.6 is 11.3 Å². The Balaban J connectivity index is 1.83. The molecule has 0 spiro atoms. The molecule has 5 heteroatoms. The summed E-state index contributed by atoms with van der Waals surface area (Å²) in [6.07, 6.45) is 0. The Labute approximate surface area is 174 Å². The molecule has 3 aromatic rings. The predicted molar refractivity (Wildman–Crippen MR) is 119 cm³/mol. The van der Waals surface area contributed by atoms with Gasteiger partial charge in [-0.2, -0.15) is 0 Å². The molecule has 0 radical (unpaired) electrons. The average molecular weight is 403 g/mol. The van der Waals surface area contributed by atoms with Gasteiger partial charge in [-0.1, -0.05) is 41.5 Å². The lowest BCUT2D eigenvalue weighted by molar-refractivity contribution is -0.120. The second-order valence-corrected chi connectivity index (χ2v) is 8.35. The number of rotatable bonds is 4. The highest BCUT2D eigenvalue weighted by molar-refractivity contribution is 7.11. The summed E-state index contributed by atoms with van der Waals surface area (Å²) >= 11 is 1.45. The maximum absolute atomic E-state index is 13.4. The van der Waals surface area contributed by atoms with Crippen molar-refractivity contribution in [3.05, 3.63) is 86.7 Å². The summed E-state index contributed by atoms with van der Waals surface area (Å²) in [5.41, 5.74) is 6.34. The van der Waals surface area contributed by atoms with E-state index < -0.39 is 0 Å². The van der Waals surface area contributed by atoms with Crippen LogP contribution in [0.4, 0.5) is 11.4 Å². The van der Waals surface area contributed by atoms with Gasteiger partial charge in [-0.3, -0.25) is 9.59 Å². The summed E-state index contributed by atoms with van der Waals surface area (Å²) in [6, 6.07) is 15.5. The van der Waals surface area contributed by atoms with Crippen LogP contribution in [0.1, 0.15) is 27.1 Å². The van der Waals surface area contributed by atoms with Crippen molar-refractivity contribution in [2.45, 2.75) is 27.7 Å². The molecule has 0 atom stereocenters. The van der Waals surface area contributed by atoms with Crippen LogP contribution in [0.5, 0.6) is 0 Å². The van der Waals surface area contributed by atoms with E-state index in [2.05, 4.69) is 11.4 Å². The second kappa shape index (κ2) is 7.33. The smallest absolute Gasteiger partial charge is 0.282 e. The molecule has 1 aliphatic heterocycles. The molecular formula is C24H22N2O2S. The molecule has 2 amide bonds. The lowest BCUT2D eigenvalue weighted by Gasteiger charge is -2.18. The lowest BCUT2D eigenvalue weighted by Crippen LogP contribution is -2.33. The van der Waals surface area contributed by atoms with E-state index in [0.717, 1.165) is 32.8 Å². The number of thiophene rings is 1. The highest BCUT2D eigenvalue weighted by atomic mass is 32.1. The lowest BCUT2D eigenvalue weighted by atomic mass is 10.1. The number of hydrogen-bond acceptors (Lipinski definition) is 4. The molecule has 2 aromatic carbocycles. The van der Waals surface area contributed by atoms with Crippen molar-refractivity contribution in [1.29, 1.82) is 0 Å². The third-order valence-electron chi connectivity index (χ3n) is 5.09. The molecular weight excluding hydrogens is 380 g/mol. The van der Waals surface area contributed by atoms with E-state index >= 15 is 0 Å². The topological polar surface area (TPSA) is 49.4 Å². The summed E-state index contributed by atoms with van der Waals surface area (Å²) in [4.78, 5) is 28.9. The third kappa shape index (κ3) is 3.38. The van der Waals surface area contributed by atoms with Crippen LogP contribution in [0.15, 0.2) is 59.6 Å². The maximum Gasteiger partial charge on any atom is 0.282 e. The predicted octanol–water partition coefficient (Wildman–Crippen LogP) is 5.38. The summed E-state index contributed by atoms with van der Waals surface area (Å²) in [7, 11) is 0. The number of nitrogens with one attached hydrogen (secondary N) is 1. The van der Waals surface area contributed by atoms with E-state index in [1.54, 1.807) is 0 Å². The normalized spacial score (nSPS) is 14.1. The Hall–Kier alpha value is -3.18. The van der Waals surface area contributed by atoms with Crippen LogP contribution in [0.2, 0.25) is 0 Å². The van der Waals surface area contributed by atoms with Gasteiger partial charge < -0.3 is 5.32 Å². The number of carbonyl (C=O) groups is 2. The zero-order chi connectivity index (χ0) is 20.7. The minimum Gasteiger partial charge on any atom is -0.350 e. The highest BCUT2D eigenvalue weighted by Gasteiger charge is 2.41. The molecule has 0 unspecified atom stereocenters. The van der Waals surface area contributed by atoms with Crippen molar-refractivity contribution in [2.24, 2.45) is 0 Å². The molecule has 0 saturated heterocycles. The van der Waals surface area contributed by atoms with Crippen LogP contribution in [0.3, 0.4) is 0 Å². The molecule has 4 rings (SSSR count). The first-order chi connectivity index (χ1) is 13.9. The van der Waals surface area contributed by atoms with Crippen LogP contribution in [-0.2, 0) is 9.59 Å². The average Bonchev–Trinajstić information content (AvgIpc) is 3.26. The number of amides is 2. The number of benzene rings is 2. The van der Waals surface area contributed by atoms with E-state index in [1.807, 2.05) is 75.5 Å². The Morgan fingerprint density at radius 2 is 1.52 bits per heavy atom. The van der Waals surface area contributed by atoms with Crippen molar-refractivity contribution in [1.82, 2.24) is 0 Å². The number of nitrogens with zero attached hydrogens (tertiary/aromatic N) is 1. The zero-order valence-corrected chi connectivity index (χ0v) is 17.7. The van der Waals surface area contributed by atoms with Gasteiger partial charge in [0, 0.05) is 10.6 Å². The first kappa shape index (κ1) is 19.2. The fraction of sp³-hybridized carbons (Fsp3) is 0.167. The van der Waals surface area contributed by atoms with Crippen molar-refractivity contribution >= 4 is 40.1 Å². The fourth-order valence-electron chi connectivity index (χ4n) is 3.66. The van der Waals surface area contributed by atoms with Crippen molar-refractivity contribution in [3.8, 4) is 0 Å². The van der Waals surface area contributed by atoms with Gasteiger partial charge in [0.25, 0.3) is 11.8 Å². The first-order valence-corrected chi connectivity index (χ1v) is 10.3. The molecule has 1 N–H and O–H groups in total. The number of imide groups is 1. The Bertz CT molecular complexity index is 1160. The summed E-state index contributed by atoms with van der Waals surface area (Å²) < 4.78 is 0. The molecule has 1 aliphatic rings. The molecule has 146 valence electrons. The van der Waals surface area contributed by atoms with Gasteiger partial charge >= 0.3 is 0 Å². The zero-order valence-electron chi connectivity index (χ0n) is 16.9. The van der Waals surface area contributed by atoms with Gasteiger partial charge in [-0.05, 0) is 62.4 Å². The molecule has 2 heterocycles. The molecule has 0 aliphatic carbocycles. The van der Waals surface area contributed by atoms with E-state index in [9.17, 15) is 9.59 Å². The summed E-state index contributed by atoms with van der Waals surface area (Å²) in [5.74, 6) is -0.623. The van der Waals surface area contributed by atoms with Crippen LogP contribution in [0.25, 0.3) is 5.57 Å². The van der Waals surface area contributed by atoms with E-state index in [0.29, 0.717) is 17.0 Å². The molecule has 0 saturated carbocycles. The fourth-order valence-corrected chi connectivity index (χ4v) is 4.43. The van der Waals surface area contributed by atoms with Gasteiger partial charge in [0.05, 0.1) is 11.3 Å². The molecule has 4 nitrogen and oxygen atoms in total. The second-order valence-electron chi connectivity index (χ2n) is 7.41. The Morgan fingerprint density at radius 1 is 0.828 bits per heavy atom. The first-order valence-electron chi connectivity index (χ1n) is 9.45. The summed E-state index contributed by atoms with van der Waals surface area (Å²) in [5, 5.41) is 5.17. The Kier molecular flexibility index (Phi) is 4.84. The standard InChI is InChI=1S/C24H22N2O2S/c1-14-7-9-18(16(3)12-14)25-22-21(20-6-5-11-29-20)23(27)26(24(22)28)19-10-8-15(2)13-17(19)4/h5-13,25H,1-4H3. The largest absolute Gasteiger partial charge is 0.350 e. The van der Waals surface area contributed by atoms with Gasteiger partial charge in [-0.25, -0.2) is 4.90 Å². The van der Waals surface area contributed by atoms with Crippen LogP contribution in [0, 0.1) is 27.7 Å². The molecule has 1 aromatic heterocycles. The SMILES string of the molecule is Cc1ccc(NC2=C(c3cccs3)C(=O)N(c3ccc(C)cc3C)C2=O)c(C)c1. The van der Waals surface area contributed by atoms with Gasteiger partial charge in [0.1, 0.15) is 5.70 Å². The van der Waals surface area contributed by atoms with Crippen LogP contribution in [-0.4, -0.2) is 11.8 Å². The number of hydrogen-bond donors (Lipinski definition) is 1. The monoisotopic (exact) mass is 402 g/mol. The van der Waals surface area contributed by atoms with Gasteiger partial charge in [0.15, 0.2) is 0 Å². The minimum atomic E-state index is -0.328. The van der Waals surface area contributed by atoms with Gasteiger partial charge in [-0.15, -0.1) is 11.3 Å². The van der Waals surface area contributed by atoms with E-state index in [4.69, 9.17) is 0 Å². The summed E-state index contributed by atoms with van der Waals surface area (Å²) in [6.45, 7) is 7.93. The van der Waals surface area contributed by atoms with Crippen LogP contribution < -0.4 is 10.2 Å². The van der Waals surface area contributed by atoms with Crippen molar-refractivity contribution in [3.63, 3.8) is 0 Å². The molecule has 0 bridgehead atoms. The minimum absolute atomic E-state index is 0.295. The quantitative estimate of drug-likeness (QED) is 0.596. The van der Waals surface area contributed by atoms with E-state index in [1.165, 1.54) is 16.2 Å². The number of carbonyl (C=O) groups excluding carboxylic acids is 2. The molecule has 29 heavy (non-hydrogen) atoms.